The number of halogens is 2. The Morgan fingerprint density at radius 1 is 1.56 bits per heavy atom. The molecular weight excluding hydrogens is 225 g/mol. The second-order valence-electron chi connectivity index (χ2n) is 4.72. The summed E-state index contributed by atoms with van der Waals surface area (Å²) >= 11 is 6.16. The summed E-state index contributed by atoms with van der Waals surface area (Å²) in [6.07, 6.45) is 2.15. The van der Waals surface area contributed by atoms with Crippen LogP contribution in [0.1, 0.15) is 25.3 Å². The molecule has 88 valence electrons. The zero-order chi connectivity index (χ0) is 11.8. The molecule has 0 aliphatic heterocycles. The van der Waals surface area contributed by atoms with Gasteiger partial charge >= 0.3 is 0 Å². The molecular formula is C13H17ClFN. The first-order valence-electron chi connectivity index (χ1n) is 5.71. The first-order valence-corrected chi connectivity index (χ1v) is 6.08. The fraction of sp³-hybridized carbons (Fsp3) is 0.538. The normalized spacial score (nSPS) is 28.9. The van der Waals surface area contributed by atoms with E-state index in [1.54, 1.807) is 12.1 Å². The second kappa shape index (κ2) is 4.34. The maximum absolute atomic E-state index is 14.0. The fourth-order valence-electron chi connectivity index (χ4n) is 2.79. The van der Waals surface area contributed by atoms with E-state index in [1.165, 1.54) is 6.07 Å². The van der Waals surface area contributed by atoms with Crippen molar-refractivity contribution in [2.45, 2.75) is 25.2 Å². The summed E-state index contributed by atoms with van der Waals surface area (Å²) in [5.74, 6) is 0.309. The van der Waals surface area contributed by atoms with Crippen molar-refractivity contribution in [3.63, 3.8) is 0 Å². The lowest BCUT2D eigenvalue weighted by Crippen LogP contribution is -2.50. The average molecular weight is 242 g/mol. The molecule has 1 N–H and O–H groups in total. The Bertz CT molecular complexity index is 373. The van der Waals surface area contributed by atoms with Gasteiger partial charge in [-0.2, -0.15) is 0 Å². The Morgan fingerprint density at radius 2 is 2.31 bits per heavy atom. The predicted molar refractivity (Wildman–Crippen MR) is 65.4 cm³/mol. The number of nitrogens with one attached hydrogen (secondary N) is 1. The number of hydrogen-bond donors (Lipinski definition) is 1. The fourth-order valence-corrected chi connectivity index (χ4v) is 3.14. The summed E-state index contributed by atoms with van der Waals surface area (Å²) in [5, 5.41) is 3.73. The SMILES string of the molecule is CNCC1(c2c(F)cccc2Cl)CCC1C. The molecule has 0 amide bonds. The average Bonchev–Trinajstić information content (AvgIpc) is 2.25. The maximum atomic E-state index is 14.0. The first kappa shape index (κ1) is 11.9. The van der Waals surface area contributed by atoms with Crippen LogP contribution in [-0.2, 0) is 5.41 Å². The lowest BCUT2D eigenvalue weighted by atomic mass is 9.57. The van der Waals surface area contributed by atoms with Crippen LogP contribution in [0.5, 0.6) is 0 Å². The predicted octanol–water partition coefficient (Wildman–Crippen LogP) is 3.37. The number of rotatable bonds is 3. The molecule has 16 heavy (non-hydrogen) atoms. The topological polar surface area (TPSA) is 12.0 Å². The van der Waals surface area contributed by atoms with Crippen molar-refractivity contribution >= 4 is 11.6 Å². The van der Waals surface area contributed by atoms with Crippen molar-refractivity contribution in [1.82, 2.24) is 5.32 Å². The van der Waals surface area contributed by atoms with E-state index in [2.05, 4.69) is 12.2 Å². The van der Waals surface area contributed by atoms with Crippen molar-refractivity contribution in [1.29, 1.82) is 0 Å². The third-order valence-corrected chi connectivity index (χ3v) is 4.23. The molecule has 0 radical (unpaired) electrons. The van der Waals surface area contributed by atoms with Crippen molar-refractivity contribution in [3.05, 3.63) is 34.6 Å². The lowest BCUT2D eigenvalue weighted by molar-refractivity contribution is 0.132. The van der Waals surface area contributed by atoms with E-state index in [4.69, 9.17) is 11.6 Å². The molecule has 1 aromatic carbocycles. The molecule has 0 saturated heterocycles. The smallest absolute Gasteiger partial charge is 0.128 e. The quantitative estimate of drug-likeness (QED) is 0.856. The molecule has 1 fully saturated rings. The van der Waals surface area contributed by atoms with E-state index < -0.39 is 0 Å². The Kier molecular flexibility index (Phi) is 3.22. The molecule has 2 unspecified atom stereocenters. The summed E-state index contributed by atoms with van der Waals surface area (Å²) < 4.78 is 14.0. The van der Waals surface area contributed by atoms with Gasteiger partial charge in [0.05, 0.1) is 0 Å². The standard InChI is InChI=1S/C13H17ClFN/c1-9-6-7-13(9,8-16-2)12-10(14)4-3-5-11(12)15/h3-5,9,16H,6-8H2,1-2H3. The van der Waals surface area contributed by atoms with Crippen LogP contribution in [0.25, 0.3) is 0 Å². The van der Waals surface area contributed by atoms with Gasteiger partial charge in [0.2, 0.25) is 0 Å². The Morgan fingerprint density at radius 3 is 2.75 bits per heavy atom. The van der Waals surface area contributed by atoms with Gasteiger partial charge in [0.25, 0.3) is 0 Å². The van der Waals surface area contributed by atoms with Gasteiger partial charge in [-0.25, -0.2) is 4.39 Å². The van der Waals surface area contributed by atoms with Gasteiger partial charge in [-0.15, -0.1) is 0 Å². The lowest BCUT2D eigenvalue weighted by Gasteiger charge is -2.49. The van der Waals surface area contributed by atoms with Crippen molar-refractivity contribution in [3.8, 4) is 0 Å². The van der Waals surface area contributed by atoms with Crippen LogP contribution in [0.15, 0.2) is 18.2 Å². The maximum Gasteiger partial charge on any atom is 0.128 e. The summed E-state index contributed by atoms with van der Waals surface area (Å²) in [4.78, 5) is 0. The molecule has 1 saturated carbocycles. The van der Waals surface area contributed by atoms with Crippen LogP contribution < -0.4 is 5.32 Å². The van der Waals surface area contributed by atoms with Crippen LogP contribution in [0, 0.1) is 11.7 Å². The first-order chi connectivity index (χ1) is 7.62. The van der Waals surface area contributed by atoms with Crippen molar-refractivity contribution in [2.24, 2.45) is 5.92 Å². The van der Waals surface area contributed by atoms with E-state index in [0.717, 1.165) is 19.4 Å². The zero-order valence-corrected chi connectivity index (χ0v) is 10.4. The highest BCUT2D eigenvalue weighted by atomic mass is 35.5. The van der Waals surface area contributed by atoms with E-state index in [0.29, 0.717) is 16.5 Å². The molecule has 1 aliphatic rings. The van der Waals surface area contributed by atoms with Gasteiger partial charge in [0, 0.05) is 22.5 Å². The van der Waals surface area contributed by atoms with Crippen LogP contribution in [0.4, 0.5) is 4.39 Å². The number of hydrogen-bond acceptors (Lipinski definition) is 1. The van der Waals surface area contributed by atoms with E-state index >= 15 is 0 Å². The van der Waals surface area contributed by atoms with Crippen LogP contribution in [-0.4, -0.2) is 13.6 Å². The molecule has 0 aromatic heterocycles. The molecule has 0 heterocycles. The number of benzene rings is 1. The summed E-state index contributed by atoms with van der Waals surface area (Å²) in [6, 6.07) is 4.95. The molecule has 1 aromatic rings. The summed E-state index contributed by atoms with van der Waals surface area (Å²) in [6.45, 7) is 2.96. The van der Waals surface area contributed by atoms with Gasteiger partial charge in [0.15, 0.2) is 0 Å². The van der Waals surface area contributed by atoms with Gasteiger partial charge in [0.1, 0.15) is 5.82 Å². The minimum atomic E-state index is -0.172. The summed E-state index contributed by atoms with van der Waals surface area (Å²) in [5.41, 5.74) is 0.585. The summed E-state index contributed by atoms with van der Waals surface area (Å²) in [7, 11) is 1.90. The largest absolute Gasteiger partial charge is 0.319 e. The molecule has 0 spiro atoms. The van der Waals surface area contributed by atoms with Gasteiger partial charge in [-0.1, -0.05) is 24.6 Å². The number of likely N-dealkylation sites (N-methyl/N-ethyl adjacent to an activating group) is 1. The third kappa shape index (κ3) is 1.64. The minimum Gasteiger partial charge on any atom is -0.319 e. The van der Waals surface area contributed by atoms with E-state index in [9.17, 15) is 4.39 Å². The highest BCUT2D eigenvalue weighted by Crippen LogP contribution is 2.50. The Balaban J connectivity index is 2.48. The van der Waals surface area contributed by atoms with E-state index in [1.807, 2.05) is 7.05 Å². The Labute approximate surface area is 101 Å². The molecule has 0 bridgehead atoms. The molecule has 2 rings (SSSR count). The minimum absolute atomic E-state index is 0.114. The molecule has 1 nitrogen and oxygen atoms in total. The highest BCUT2D eigenvalue weighted by molar-refractivity contribution is 6.31. The highest BCUT2D eigenvalue weighted by Gasteiger charge is 2.47. The van der Waals surface area contributed by atoms with Crippen molar-refractivity contribution in [2.75, 3.05) is 13.6 Å². The monoisotopic (exact) mass is 241 g/mol. The Hall–Kier alpha value is -0.600. The molecule has 3 heteroatoms. The van der Waals surface area contributed by atoms with Gasteiger partial charge in [-0.05, 0) is 37.9 Å². The van der Waals surface area contributed by atoms with Crippen LogP contribution in [0.2, 0.25) is 5.02 Å². The third-order valence-electron chi connectivity index (χ3n) is 3.92. The van der Waals surface area contributed by atoms with Crippen LogP contribution in [0.3, 0.4) is 0 Å². The van der Waals surface area contributed by atoms with Crippen LogP contribution >= 0.6 is 11.6 Å². The zero-order valence-electron chi connectivity index (χ0n) is 9.69. The molecule has 1 aliphatic carbocycles. The van der Waals surface area contributed by atoms with Crippen molar-refractivity contribution < 1.29 is 4.39 Å². The van der Waals surface area contributed by atoms with Gasteiger partial charge in [-0.3, -0.25) is 0 Å². The van der Waals surface area contributed by atoms with Gasteiger partial charge < -0.3 is 5.32 Å². The van der Waals surface area contributed by atoms with E-state index in [-0.39, 0.29) is 11.2 Å². The molecule has 2 atom stereocenters. The second-order valence-corrected chi connectivity index (χ2v) is 5.13.